The largest absolute Gasteiger partial charge is 0.0885 e. The first-order chi connectivity index (χ1) is 10.6. The summed E-state index contributed by atoms with van der Waals surface area (Å²) >= 11 is 0. The smallest absolute Gasteiger partial charge is 0.0351 e. The summed E-state index contributed by atoms with van der Waals surface area (Å²) < 4.78 is 0. The fraction of sp³-hybridized carbons (Fsp3) is 0.909. The molecule has 132 valence electrons. The van der Waals surface area contributed by atoms with Gasteiger partial charge in [0.05, 0.1) is 0 Å². The monoisotopic (exact) mass is 308 g/mol. The third kappa shape index (κ3) is 19.7. The van der Waals surface area contributed by atoms with Gasteiger partial charge in [-0.05, 0) is 37.5 Å². The molecule has 0 aliphatic carbocycles. The molecule has 0 heterocycles. The Labute approximate surface area is 142 Å². The molecule has 0 spiro atoms. The molecule has 0 rings (SSSR count). The highest BCUT2D eigenvalue weighted by molar-refractivity contribution is 4.81. The number of hydrogen-bond acceptors (Lipinski definition) is 0. The van der Waals surface area contributed by atoms with Gasteiger partial charge in [-0.3, -0.25) is 0 Å². The molecule has 0 N–H and O–H groups in total. The van der Waals surface area contributed by atoms with Crippen LogP contribution in [0.1, 0.15) is 124 Å². The molecule has 0 heteroatoms. The van der Waals surface area contributed by atoms with E-state index < -0.39 is 0 Å². The van der Waals surface area contributed by atoms with Gasteiger partial charge in [-0.2, -0.15) is 0 Å². The summed E-state index contributed by atoms with van der Waals surface area (Å²) in [5, 5.41) is 0. The Morgan fingerprint density at radius 3 is 1.41 bits per heavy atom. The maximum atomic E-state index is 2.42. The Hall–Kier alpha value is -0.260. The molecule has 0 aromatic carbocycles. The molecule has 0 aliphatic heterocycles. The molecular formula is C22H44. The minimum absolute atomic E-state index is 0.529. The summed E-state index contributed by atoms with van der Waals surface area (Å²) in [5.41, 5.74) is 0.529. The standard InChI is InChI=1S/C22H44/c1-5-6-7-8-9-10-11-12-13-14-15-16-17-18-19-20-21-22(2,3)4/h12-13H,5-11,14-21H2,1-4H3/b13-12-. The van der Waals surface area contributed by atoms with Gasteiger partial charge >= 0.3 is 0 Å². The molecule has 0 aromatic heterocycles. The molecule has 0 radical (unpaired) electrons. The van der Waals surface area contributed by atoms with Crippen LogP contribution in [-0.2, 0) is 0 Å². The van der Waals surface area contributed by atoms with Gasteiger partial charge in [0, 0.05) is 0 Å². The maximum absolute atomic E-state index is 2.42. The minimum atomic E-state index is 0.529. The van der Waals surface area contributed by atoms with E-state index in [0.29, 0.717) is 5.41 Å². The van der Waals surface area contributed by atoms with E-state index in [1.54, 1.807) is 0 Å². The van der Waals surface area contributed by atoms with Crippen molar-refractivity contribution < 1.29 is 0 Å². The Balaban J connectivity index is 3.11. The summed E-state index contributed by atoms with van der Waals surface area (Å²) in [6, 6.07) is 0. The molecule has 0 saturated heterocycles. The summed E-state index contributed by atoms with van der Waals surface area (Å²) in [5.74, 6) is 0. The molecule has 0 amide bonds. The van der Waals surface area contributed by atoms with Crippen LogP contribution in [0.25, 0.3) is 0 Å². The minimum Gasteiger partial charge on any atom is -0.0885 e. The van der Waals surface area contributed by atoms with Crippen LogP contribution in [0.5, 0.6) is 0 Å². The summed E-state index contributed by atoms with van der Waals surface area (Å²) in [4.78, 5) is 0. The van der Waals surface area contributed by atoms with Crippen molar-refractivity contribution in [3.05, 3.63) is 12.2 Å². The van der Waals surface area contributed by atoms with Gasteiger partial charge in [-0.15, -0.1) is 0 Å². The predicted octanol–water partition coefficient (Wildman–Crippen LogP) is 8.46. The third-order valence-electron chi connectivity index (χ3n) is 4.44. The van der Waals surface area contributed by atoms with Crippen LogP contribution in [-0.4, -0.2) is 0 Å². The number of unbranched alkanes of at least 4 members (excludes halogenated alkanes) is 12. The van der Waals surface area contributed by atoms with E-state index in [2.05, 4.69) is 39.8 Å². The van der Waals surface area contributed by atoms with Crippen molar-refractivity contribution in [2.75, 3.05) is 0 Å². The number of allylic oxidation sites excluding steroid dienone is 2. The molecule has 0 aliphatic rings. The lowest BCUT2D eigenvalue weighted by Gasteiger charge is -2.17. The lowest BCUT2D eigenvalue weighted by atomic mass is 9.89. The van der Waals surface area contributed by atoms with E-state index in [1.807, 2.05) is 0 Å². The van der Waals surface area contributed by atoms with E-state index in [0.717, 1.165) is 0 Å². The van der Waals surface area contributed by atoms with Crippen LogP contribution < -0.4 is 0 Å². The number of rotatable bonds is 15. The molecule has 0 fully saturated rings. The van der Waals surface area contributed by atoms with E-state index in [4.69, 9.17) is 0 Å². The lowest BCUT2D eigenvalue weighted by Crippen LogP contribution is -2.03. The normalized spacial score (nSPS) is 12.4. The van der Waals surface area contributed by atoms with Crippen LogP contribution in [0.4, 0.5) is 0 Å². The van der Waals surface area contributed by atoms with Gasteiger partial charge in [0.1, 0.15) is 0 Å². The number of hydrogen-bond donors (Lipinski definition) is 0. The average Bonchev–Trinajstić information content (AvgIpc) is 2.45. The molecule has 0 atom stereocenters. The zero-order chi connectivity index (χ0) is 16.5. The SMILES string of the molecule is CCCCCCCC/C=C\CCCCCCCCC(C)(C)C. The highest BCUT2D eigenvalue weighted by Crippen LogP contribution is 2.22. The fourth-order valence-corrected chi connectivity index (χ4v) is 2.90. The van der Waals surface area contributed by atoms with Crippen LogP contribution in [0.2, 0.25) is 0 Å². The highest BCUT2D eigenvalue weighted by atomic mass is 14.1. The Kier molecular flexibility index (Phi) is 15.4. The van der Waals surface area contributed by atoms with E-state index >= 15 is 0 Å². The van der Waals surface area contributed by atoms with Crippen molar-refractivity contribution in [3.63, 3.8) is 0 Å². The topological polar surface area (TPSA) is 0 Å². The van der Waals surface area contributed by atoms with Crippen molar-refractivity contribution in [1.29, 1.82) is 0 Å². The van der Waals surface area contributed by atoms with Crippen molar-refractivity contribution in [2.24, 2.45) is 5.41 Å². The first-order valence-electron chi connectivity index (χ1n) is 10.2. The average molecular weight is 309 g/mol. The van der Waals surface area contributed by atoms with E-state index in [1.165, 1.54) is 96.3 Å². The molecular weight excluding hydrogens is 264 g/mol. The Morgan fingerprint density at radius 1 is 0.545 bits per heavy atom. The first kappa shape index (κ1) is 21.7. The summed E-state index contributed by atoms with van der Waals surface area (Å²) in [7, 11) is 0. The third-order valence-corrected chi connectivity index (χ3v) is 4.44. The van der Waals surface area contributed by atoms with Gasteiger partial charge < -0.3 is 0 Å². The van der Waals surface area contributed by atoms with Crippen LogP contribution in [0.3, 0.4) is 0 Å². The van der Waals surface area contributed by atoms with Gasteiger partial charge in [-0.1, -0.05) is 104 Å². The first-order valence-corrected chi connectivity index (χ1v) is 10.2. The van der Waals surface area contributed by atoms with E-state index in [9.17, 15) is 0 Å². The lowest BCUT2D eigenvalue weighted by molar-refractivity contribution is 0.356. The molecule has 22 heavy (non-hydrogen) atoms. The van der Waals surface area contributed by atoms with Crippen molar-refractivity contribution >= 4 is 0 Å². The van der Waals surface area contributed by atoms with Crippen LogP contribution in [0, 0.1) is 5.41 Å². The second kappa shape index (κ2) is 15.6. The Morgan fingerprint density at radius 2 is 0.955 bits per heavy atom. The van der Waals surface area contributed by atoms with Crippen LogP contribution in [0.15, 0.2) is 12.2 Å². The molecule has 0 aromatic rings. The Bertz CT molecular complexity index is 231. The summed E-state index contributed by atoms with van der Waals surface area (Å²) in [6.07, 6.45) is 25.9. The second-order valence-corrected chi connectivity index (χ2v) is 8.25. The molecule has 0 saturated carbocycles. The van der Waals surface area contributed by atoms with Crippen molar-refractivity contribution in [1.82, 2.24) is 0 Å². The van der Waals surface area contributed by atoms with Crippen molar-refractivity contribution in [2.45, 2.75) is 124 Å². The van der Waals surface area contributed by atoms with Gasteiger partial charge in [-0.25, -0.2) is 0 Å². The van der Waals surface area contributed by atoms with E-state index in [-0.39, 0.29) is 0 Å². The van der Waals surface area contributed by atoms with Gasteiger partial charge in [0.2, 0.25) is 0 Å². The summed E-state index contributed by atoms with van der Waals surface area (Å²) in [6.45, 7) is 9.34. The maximum Gasteiger partial charge on any atom is -0.0351 e. The fourth-order valence-electron chi connectivity index (χ4n) is 2.90. The molecule has 0 unspecified atom stereocenters. The second-order valence-electron chi connectivity index (χ2n) is 8.25. The van der Waals surface area contributed by atoms with Crippen molar-refractivity contribution in [3.8, 4) is 0 Å². The van der Waals surface area contributed by atoms with Gasteiger partial charge in [0.25, 0.3) is 0 Å². The predicted molar refractivity (Wildman–Crippen MR) is 104 cm³/mol. The quantitative estimate of drug-likeness (QED) is 0.210. The zero-order valence-electron chi connectivity index (χ0n) is 16.3. The zero-order valence-corrected chi connectivity index (χ0v) is 16.3. The van der Waals surface area contributed by atoms with Gasteiger partial charge in [0.15, 0.2) is 0 Å². The molecule has 0 bridgehead atoms. The highest BCUT2D eigenvalue weighted by Gasteiger charge is 2.08. The van der Waals surface area contributed by atoms with Crippen LogP contribution >= 0.6 is 0 Å². The molecule has 0 nitrogen and oxygen atoms in total.